The van der Waals surface area contributed by atoms with Gasteiger partial charge < -0.3 is 9.84 Å². The zero-order valence-electron chi connectivity index (χ0n) is 10.5. The smallest absolute Gasteiger partial charge is 0.328 e. The van der Waals surface area contributed by atoms with E-state index in [1.54, 1.807) is 6.07 Å². The van der Waals surface area contributed by atoms with Crippen molar-refractivity contribution in [2.45, 2.75) is 33.0 Å². The molecule has 1 N–H and O–H groups in total. The Kier molecular flexibility index (Phi) is 5.52. The Hall–Kier alpha value is -1.68. The van der Waals surface area contributed by atoms with Gasteiger partial charge in [-0.25, -0.2) is 9.18 Å². The van der Waals surface area contributed by atoms with Crippen molar-refractivity contribution < 1.29 is 19.0 Å². The SMILES string of the molecule is CCC(C)OCc1cc(F)cc(C=CC(=O)O)c1. The molecule has 0 bridgehead atoms. The third-order valence-electron chi connectivity index (χ3n) is 2.51. The lowest BCUT2D eigenvalue weighted by Crippen LogP contribution is -2.06. The number of ether oxygens (including phenoxy) is 1. The molecule has 98 valence electrons. The average Bonchev–Trinajstić information content (AvgIpc) is 2.33. The molecule has 18 heavy (non-hydrogen) atoms. The minimum atomic E-state index is -1.06. The average molecular weight is 252 g/mol. The van der Waals surface area contributed by atoms with Crippen LogP contribution in [0.15, 0.2) is 24.3 Å². The number of rotatable bonds is 6. The summed E-state index contributed by atoms with van der Waals surface area (Å²) in [4.78, 5) is 10.4. The highest BCUT2D eigenvalue weighted by Gasteiger charge is 2.03. The van der Waals surface area contributed by atoms with Crippen molar-refractivity contribution in [3.05, 3.63) is 41.2 Å². The van der Waals surface area contributed by atoms with Crippen LogP contribution in [-0.4, -0.2) is 17.2 Å². The predicted molar refractivity (Wildman–Crippen MR) is 67.6 cm³/mol. The minimum absolute atomic E-state index is 0.117. The molecule has 0 fully saturated rings. The van der Waals surface area contributed by atoms with E-state index >= 15 is 0 Å². The number of benzene rings is 1. The van der Waals surface area contributed by atoms with Crippen molar-refractivity contribution in [3.63, 3.8) is 0 Å². The van der Waals surface area contributed by atoms with Gasteiger partial charge in [-0.1, -0.05) is 6.92 Å². The van der Waals surface area contributed by atoms with Crippen molar-refractivity contribution >= 4 is 12.0 Å². The first kappa shape index (κ1) is 14.4. The van der Waals surface area contributed by atoms with Gasteiger partial charge >= 0.3 is 5.97 Å². The van der Waals surface area contributed by atoms with Crippen molar-refractivity contribution in [3.8, 4) is 0 Å². The highest BCUT2D eigenvalue weighted by atomic mass is 19.1. The first-order valence-corrected chi connectivity index (χ1v) is 5.83. The van der Waals surface area contributed by atoms with Crippen molar-refractivity contribution in [2.24, 2.45) is 0 Å². The summed E-state index contributed by atoms with van der Waals surface area (Å²) in [7, 11) is 0. The first-order chi connectivity index (χ1) is 8.51. The zero-order chi connectivity index (χ0) is 13.5. The molecule has 1 unspecified atom stereocenters. The van der Waals surface area contributed by atoms with Gasteiger partial charge in [-0.15, -0.1) is 0 Å². The van der Waals surface area contributed by atoms with E-state index in [4.69, 9.17) is 9.84 Å². The molecule has 4 heteroatoms. The fourth-order valence-corrected chi connectivity index (χ4v) is 1.38. The molecule has 3 nitrogen and oxygen atoms in total. The Morgan fingerprint density at radius 3 is 2.83 bits per heavy atom. The standard InChI is InChI=1S/C14H17FO3/c1-3-10(2)18-9-12-6-11(4-5-14(16)17)7-13(15)8-12/h4-8,10H,3,9H2,1-2H3,(H,16,17). The summed E-state index contributed by atoms with van der Waals surface area (Å²) < 4.78 is 18.8. The van der Waals surface area contributed by atoms with E-state index in [9.17, 15) is 9.18 Å². The molecule has 1 atom stereocenters. The van der Waals surface area contributed by atoms with E-state index in [-0.39, 0.29) is 6.10 Å². The Morgan fingerprint density at radius 1 is 1.50 bits per heavy atom. The summed E-state index contributed by atoms with van der Waals surface area (Å²) >= 11 is 0. The third kappa shape index (κ3) is 5.10. The van der Waals surface area contributed by atoms with E-state index in [1.807, 2.05) is 13.8 Å². The monoisotopic (exact) mass is 252 g/mol. The van der Waals surface area contributed by atoms with Gasteiger partial charge in [-0.3, -0.25) is 0 Å². The van der Waals surface area contributed by atoms with Crippen LogP contribution in [0.5, 0.6) is 0 Å². The molecule has 0 heterocycles. The van der Waals surface area contributed by atoms with Gasteiger partial charge in [0.25, 0.3) is 0 Å². The number of hydrogen-bond donors (Lipinski definition) is 1. The highest BCUT2D eigenvalue weighted by molar-refractivity contribution is 5.85. The van der Waals surface area contributed by atoms with Gasteiger partial charge in [0.1, 0.15) is 5.82 Å². The number of carbonyl (C=O) groups is 1. The van der Waals surface area contributed by atoms with Crippen LogP contribution in [0, 0.1) is 5.82 Å². The van der Waals surface area contributed by atoms with Crippen LogP contribution in [0.25, 0.3) is 6.08 Å². The second-order valence-corrected chi connectivity index (χ2v) is 4.09. The molecule has 0 saturated carbocycles. The Balaban J connectivity index is 2.77. The van der Waals surface area contributed by atoms with Crippen LogP contribution in [-0.2, 0) is 16.1 Å². The fourth-order valence-electron chi connectivity index (χ4n) is 1.38. The van der Waals surface area contributed by atoms with Gasteiger partial charge in [0.15, 0.2) is 0 Å². The number of aliphatic carboxylic acids is 1. The minimum Gasteiger partial charge on any atom is -0.478 e. The number of hydrogen-bond acceptors (Lipinski definition) is 2. The Morgan fingerprint density at radius 2 is 2.22 bits per heavy atom. The summed E-state index contributed by atoms with van der Waals surface area (Å²) in [5.41, 5.74) is 1.21. The van der Waals surface area contributed by atoms with Crippen molar-refractivity contribution in [2.75, 3.05) is 0 Å². The fraction of sp³-hybridized carbons (Fsp3) is 0.357. The van der Waals surface area contributed by atoms with E-state index in [0.29, 0.717) is 17.7 Å². The van der Waals surface area contributed by atoms with Gasteiger partial charge in [0.2, 0.25) is 0 Å². The van der Waals surface area contributed by atoms with Gasteiger partial charge in [-0.05, 0) is 48.7 Å². The molecule has 1 aromatic carbocycles. The van der Waals surface area contributed by atoms with Crippen LogP contribution in [0.4, 0.5) is 4.39 Å². The van der Waals surface area contributed by atoms with Crippen LogP contribution in [0.3, 0.4) is 0 Å². The van der Waals surface area contributed by atoms with E-state index in [1.165, 1.54) is 18.2 Å². The topological polar surface area (TPSA) is 46.5 Å². The maximum Gasteiger partial charge on any atom is 0.328 e. The van der Waals surface area contributed by atoms with Crippen molar-refractivity contribution in [1.29, 1.82) is 0 Å². The molecule has 0 saturated heterocycles. The normalized spacial score (nSPS) is 12.8. The van der Waals surface area contributed by atoms with E-state index in [0.717, 1.165) is 12.5 Å². The molecule has 0 amide bonds. The molecular formula is C14H17FO3. The van der Waals surface area contributed by atoms with Crippen LogP contribution in [0.1, 0.15) is 31.4 Å². The molecule has 0 aliphatic heterocycles. The van der Waals surface area contributed by atoms with Crippen LogP contribution in [0.2, 0.25) is 0 Å². The molecule has 0 aliphatic carbocycles. The van der Waals surface area contributed by atoms with Gasteiger partial charge in [0.05, 0.1) is 12.7 Å². The summed E-state index contributed by atoms with van der Waals surface area (Å²) in [5, 5.41) is 8.52. The maximum atomic E-state index is 13.3. The molecule has 0 spiro atoms. The number of halogens is 1. The summed E-state index contributed by atoms with van der Waals surface area (Å²) in [6.07, 6.45) is 3.35. The highest BCUT2D eigenvalue weighted by Crippen LogP contribution is 2.13. The molecule has 0 radical (unpaired) electrons. The van der Waals surface area contributed by atoms with Crippen LogP contribution < -0.4 is 0 Å². The molecule has 1 aromatic rings. The summed E-state index contributed by atoms with van der Waals surface area (Å²) in [5.74, 6) is -1.46. The number of carboxylic acid groups (broad SMARTS) is 1. The lowest BCUT2D eigenvalue weighted by atomic mass is 10.1. The predicted octanol–water partition coefficient (Wildman–Crippen LogP) is 3.24. The van der Waals surface area contributed by atoms with E-state index < -0.39 is 11.8 Å². The zero-order valence-corrected chi connectivity index (χ0v) is 10.5. The second-order valence-electron chi connectivity index (χ2n) is 4.09. The first-order valence-electron chi connectivity index (χ1n) is 5.83. The van der Waals surface area contributed by atoms with Gasteiger partial charge in [-0.2, -0.15) is 0 Å². The van der Waals surface area contributed by atoms with Gasteiger partial charge in [0, 0.05) is 6.08 Å². The second kappa shape index (κ2) is 6.91. The van der Waals surface area contributed by atoms with Crippen LogP contribution >= 0.6 is 0 Å². The molecular weight excluding hydrogens is 235 g/mol. The lowest BCUT2D eigenvalue weighted by molar-refractivity contribution is -0.131. The molecule has 0 aromatic heterocycles. The Bertz CT molecular complexity index is 441. The number of carboxylic acids is 1. The summed E-state index contributed by atoms with van der Waals surface area (Å²) in [6, 6.07) is 4.39. The largest absolute Gasteiger partial charge is 0.478 e. The molecule has 1 rings (SSSR count). The molecule has 0 aliphatic rings. The van der Waals surface area contributed by atoms with E-state index in [2.05, 4.69) is 0 Å². The van der Waals surface area contributed by atoms with Crippen molar-refractivity contribution in [1.82, 2.24) is 0 Å². The quantitative estimate of drug-likeness (QED) is 0.790. The Labute approximate surface area is 106 Å². The lowest BCUT2D eigenvalue weighted by Gasteiger charge is -2.11. The third-order valence-corrected chi connectivity index (χ3v) is 2.51. The maximum absolute atomic E-state index is 13.3. The summed E-state index contributed by atoms with van der Waals surface area (Å²) in [6.45, 7) is 4.28.